The number of carbonyl (C=O) groups excluding carboxylic acids is 2. The summed E-state index contributed by atoms with van der Waals surface area (Å²) in [7, 11) is -4.21. The molecule has 4 rings (SSSR count). The number of amides is 2. The van der Waals surface area contributed by atoms with Crippen LogP contribution in [-0.4, -0.2) is 25.3 Å². The highest BCUT2D eigenvalue weighted by Gasteiger charge is 2.60. The van der Waals surface area contributed by atoms with Crippen LogP contribution in [0.15, 0.2) is 41.3 Å². The quantitative estimate of drug-likeness (QED) is 0.617. The highest BCUT2D eigenvalue weighted by Crippen LogP contribution is 2.52. The van der Waals surface area contributed by atoms with Crippen LogP contribution in [0.1, 0.15) is 12.0 Å². The second-order valence-electron chi connectivity index (χ2n) is 6.31. The van der Waals surface area contributed by atoms with Crippen molar-refractivity contribution in [1.82, 2.24) is 5.06 Å². The van der Waals surface area contributed by atoms with Gasteiger partial charge in [0.25, 0.3) is 11.8 Å². The van der Waals surface area contributed by atoms with Crippen molar-refractivity contribution in [3.8, 4) is 0 Å². The largest absolute Gasteiger partial charge is 0.318 e. The third kappa shape index (κ3) is 2.07. The third-order valence-corrected chi connectivity index (χ3v) is 6.11. The van der Waals surface area contributed by atoms with E-state index in [2.05, 4.69) is 0 Å². The maximum atomic E-state index is 12.4. The van der Waals surface area contributed by atoms with Crippen molar-refractivity contribution in [3.63, 3.8) is 0 Å². The molecule has 2 bridgehead atoms. The van der Waals surface area contributed by atoms with Crippen LogP contribution in [0.5, 0.6) is 0 Å². The lowest BCUT2D eigenvalue weighted by Crippen LogP contribution is -2.35. The molecule has 0 radical (unpaired) electrons. The van der Waals surface area contributed by atoms with Crippen LogP contribution in [0.25, 0.3) is 0 Å². The predicted octanol–water partition coefficient (Wildman–Crippen LogP) is 1.42. The third-order valence-electron chi connectivity index (χ3n) is 4.91. The molecule has 1 aromatic rings. The number of hydroxylamine groups is 2. The molecule has 2 fully saturated rings. The Hall–Kier alpha value is -1.99. The number of carbonyl (C=O) groups is 2. The second kappa shape index (κ2) is 4.75. The number of hydrogen-bond donors (Lipinski definition) is 0. The number of hydrogen-bond acceptors (Lipinski definition) is 5. The number of fused-ring (bicyclic) bond motifs is 5. The van der Waals surface area contributed by atoms with Crippen molar-refractivity contribution >= 4 is 21.9 Å². The van der Waals surface area contributed by atoms with Crippen LogP contribution >= 0.6 is 0 Å². The highest BCUT2D eigenvalue weighted by molar-refractivity contribution is 7.86. The lowest BCUT2D eigenvalue weighted by Gasteiger charge is -2.16. The van der Waals surface area contributed by atoms with Crippen molar-refractivity contribution in [2.45, 2.75) is 18.2 Å². The molecule has 2 amide bonds. The number of rotatable bonds is 3. The number of benzene rings is 1. The zero-order chi connectivity index (χ0) is 16.4. The fourth-order valence-corrected chi connectivity index (χ4v) is 4.69. The molecule has 1 heterocycles. The summed E-state index contributed by atoms with van der Waals surface area (Å²) in [5.41, 5.74) is 0.898. The molecule has 1 saturated carbocycles. The van der Waals surface area contributed by atoms with Gasteiger partial charge in [0.15, 0.2) is 0 Å². The molecule has 0 unspecified atom stereocenters. The second-order valence-corrected chi connectivity index (χ2v) is 7.84. The van der Waals surface area contributed by atoms with E-state index in [9.17, 15) is 18.0 Å². The Bertz CT molecular complexity index is 797. The van der Waals surface area contributed by atoms with Gasteiger partial charge in [-0.2, -0.15) is 8.42 Å². The van der Waals surface area contributed by atoms with E-state index in [-0.39, 0.29) is 16.7 Å². The van der Waals surface area contributed by atoms with Gasteiger partial charge in [0.05, 0.1) is 16.7 Å². The minimum atomic E-state index is -4.21. The first kappa shape index (κ1) is 14.6. The average Bonchev–Trinajstić information content (AvgIpc) is 3.17. The summed E-state index contributed by atoms with van der Waals surface area (Å²) in [6, 6.07) is 6.04. The Labute approximate surface area is 133 Å². The van der Waals surface area contributed by atoms with E-state index in [0.29, 0.717) is 5.06 Å². The monoisotopic (exact) mass is 333 g/mol. The summed E-state index contributed by atoms with van der Waals surface area (Å²) < 4.78 is 29.5. The van der Waals surface area contributed by atoms with Gasteiger partial charge in [-0.1, -0.05) is 29.8 Å². The lowest BCUT2D eigenvalue weighted by atomic mass is 9.85. The molecule has 2 aliphatic carbocycles. The van der Waals surface area contributed by atoms with Crippen LogP contribution in [0.4, 0.5) is 0 Å². The molecule has 23 heavy (non-hydrogen) atoms. The summed E-state index contributed by atoms with van der Waals surface area (Å²) in [6.45, 7) is 1.83. The number of imide groups is 1. The minimum Gasteiger partial charge on any atom is -0.272 e. The zero-order valence-electron chi connectivity index (χ0n) is 12.4. The maximum Gasteiger partial charge on any atom is 0.318 e. The Morgan fingerprint density at radius 2 is 1.52 bits per heavy atom. The van der Waals surface area contributed by atoms with Crippen molar-refractivity contribution in [2.24, 2.45) is 23.7 Å². The molecule has 1 saturated heterocycles. The molecular formula is C16H15NO5S. The standard InChI is InChI=1S/C16H15NO5S/c1-9-2-6-12(7-3-9)23(20,21)22-17-15(18)13-10-4-5-11(8-10)14(13)16(17)19/h2-7,10-11,13-14H,8H2,1H3/t10-,11-,13+,14+/m0/s1. The Balaban J connectivity index is 1.61. The molecule has 0 aromatic heterocycles. The summed E-state index contributed by atoms with van der Waals surface area (Å²) in [5.74, 6) is -2.04. The van der Waals surface area contributed by atoms with Crippen molar-refractivity contribution in [1.29, 1.82) is 0 Å². The smallest absolute Gasteiger partial charge is 0.272 e. The first-order valence-corrected chi connectivity index (χ1v) is 8.87. The SMILES string of the molecule is Cc1ccc(S(=O)(=O)ON2C(=O)[C@H]3[C@H](C2=O)[C@H]2C=C[C@H]3C2)cc1. The molecule has 7 heteroatoms. The van der Waals surface area contributed by atoms with Crippen LogP contribution in [0, 0.1) is 30.6 Å². The molecule has 0 N–H and O–H groups in total. The van der Waals surface area contributed by atoms with Gasteiger partial charge in [0.2, 0.25) is 0 Å². The van der Waals surface area contributed by atoms with Crippen LogP contribution < -0.4 is 0 Å². The van der Waals surface area contributed by atoms with Crippen molar-refractivity contribution in [2.75, 3.05) is 0 Å². The highest BCUT2D eigenvalue weighted by atomic mass is 32.2. The van der Waals surface area contributed by atoms with Crippen LogP contribution in [0.3, 0.4) is 0 Å². The van der Waals surface area contributed by atoms with Crippen LogP contribution in [-0.2, 0) is 24.0 Å². The number of aryl methyl sites for hydroxylation is 1. The van der Waals surface area contributed by atoms with E-state index in [0.717, 1.165) is 12.0 Å². The fraction of sp³-hybridized carbons (Fsp3) is 0.375. The van der Waals surface area contributed by atoms with Crippen molar-refractivity contribution < 1.29 is 22.3 Å². The summed E-state index contributed by atoms with van der Waals surface area (Å²) in [6.07, 6.45) is 4.66. The molecule has 0 spiro atoms. The van der Waals surface area contributed by atoms with E-state index in [1.165, 1.54) is 12.1 Å². The molecule has 6 nitrogen and oxygen atoms in total. The van der Waals surface area contributed by atoms with E-state index < -0.39 is 33.8 Å². The van der Waals surface area contributed by atoms with E-state index in [4.69, 9.17) is 4.28 Å². The van der Waals surface area contributed by atoms with Gasteiger partial charge in [-0.25, -0.2) is 0 Å². The van der Waals surface area contributed by atoms with E-state index in [1.54, 1.807) is 12.1 Å². The van der Waals surface area contributed by atoms with E-state index in [1.807, 2.05) is 19.1 Å². The number of allylic oxidation sites excluding steroid dienone is 2. The molecule has 1 aliphatic heterocycles. The summed E-state index contributed by atoms with van der Waals surface area (Å²) in [5, 5.41) is 0.455. The summed E-state index contributed by atoms with van der Waals surface area (Å²) >= 11 is 0. The van der Waals surface area contributed by atoms with E-state index >= 15 is 0 Å². The first-order valence-electron chi connectivity index (χ1n) is 7.46. The van der Waals surface area contributed by atoms with Crippen LogP contribution in [0.2, 0.25) is 0 Å². The normalized spacial score (nSPS) is 32.0. The molecule has 1 aromatic carbocycles. The van der Waals surface area contributed by atoms with Gasteiger partial charge in [-0.15, -0.1) is 9.35 Å². The predicted molar refractivity (Wildman–Crippen MR) is 79.0 cm³/mol. The lowest BCUT2D eigenvalue weighted by molar-refractivity contribution is -0.166. The van der Waals surface area contributed by atoms with Crippen molar-refractivity contribution in [3.05, 3.63) is 42.0 Å². The zero-order valence-corrected chi connectivity index (χ0v) is 13.2. The van der Waals surface area contributed by atoms with Gasteiger partial charge in [0.1, 0.15) is 0 Å². The van der Waals surface area contributed by atoms with Gasteiger partial charge in [-0.05, 0) is 37.3 Å². The van der Waals surface area contributed by atoms with Gasteiger partial charge in [-0.3, -0.25) is 9.59 Å². The maximum absolute atomic E-state index is 12.4. The first-order chi connectivity index (χ1) is 10.9. The Morgan fingerprint density at radius 1 is 1.00 bits per heavy atom. The molecule has 120 valence electrons. The van der Waals surface area contributed by atoms with Gasteiger partial charge in [0, 0.05) is 0 Å². The molecule has 4 atom stereocenters. The topological polar surface area (TPSA) is 80.8 Å². The Kier molecular flexibility index (Phi) is 3.01. The fourth-order valence-electron chi connectivity index (χ4n) is 3.79. The van der Waals surface area contributed by atoms with Gasteiger partial charge >= 0.3 is 10.1 Å². The molecule has 3 aliphatic rings. The average molecular weight is 333 g/mol. The minimum absolute atomic E-state index is 0.0112. The van der Waals surface area contributed by atoms with Gasteiger partial charge < -0.3 is 0 Å². The Morgan fingerprint density at radius 3 is 2.04 bits per heavy atom. The molecular weight excluding hydrogens is 318 g/mol. The number of nitrogens with zero attached hydrogens (tertiary/aromatic N) is 1. The summed E-state index contributed by atoms with van der Waals surface area (Å²) in [4.78, 5) is 24.8.